The van der Waals surface area contributed by atoms with Crippen LogP contribution in [0.4, 0.5) is 0 Å². The van der Waals surface area contributed by atoms with E-state index >= 15 is 0 Å². The van der Waals surface area contributed by atoms with E-state index in [9.17, 15) is 24.0 Å². The molecule has 0 saturated heterocycles. The summed E-state index contributed by atoms with van der Waals surface area (Å²) < 4.78 is 21.5. The number of hydrogen-bond donors (Lipinski definition) is 3. The second-order valence-corrected chi connectivity index (χ2v) is 8.05. The maximum atomic E-state index is 11.9. The molecule has 0 fully saturated rings. The van der Waals surface area contributed by atoms with Gasteiger partial charge in [0.1, 0.15) is 5.78 Å². The summed E-state index contributed by atoms with van der Waals surface area (Å²) in [6.45, 7) is 6.12. The number of hydrogen-bond acceptors (Lipinski definition) is 9. The van der Waals surface area contributed by atoms with Gasteiger partial charge < -0.3 is 39.7 Å². The van der Waals surface area contributed by atoms with Crippen LogP contribution in [0.3, 0.4) is 0 Å². The Balaban J connectivity index is 3.45. The van der Waals surface area contributed by atoms with Gasteiger partial charge in [-0.05, 0) is 26.7 Å². The molecule has 0 aliphatic heterocycles. The van der Waals surface area contributed by atoms with Crippen molar-refractivity contribution in [3.8, 4) is 0 Å². The van der Waals surface area contributed by atoms with E-state index < -0.39 is 6.04 Å². The van der Waals surface area contributed by atoms with E-state index in [1.807, 2.05) is 0 Å². The van der Waals surface area contributed by atoms with Gasteiger partial charge in [-0.2, -0.15) is 0 Å². The average Bonchev–Trinajstić information content (AvgIpc) is 2.83. The molecule has 0 aliphatic carbocycles. The van der Waals surface area contributed by atoms with Crippen molar-refractivity contribution >= 4 is 29.3 Å². The van der Waals surface area contributed by atoms with Gasteiger partial charge in [0.15, 0.2) is 5.78 Å². The Morgan fingerprint density at radius 3 is 1.69 bits per heavy atom. The number of nitrogens with one attached hydrogen (secondary N) is 3. The topological polar surface area (TPSA) is 158 Å². The van der Waals surface area contributed by atoms with Crippen molar-refractivity contribution in [2.45, 2.75) is 58.4 Å². The first-order chi connectivity index (χ1) is 17.3. The lowest BCUT2D eigenvalue weighted by Gasteiger charge is -2.15. The molecule has 3 amide bonds. The molecule has 0 saturated carbocycles. The molecule has 0 bridgehead atoms. The molecule has 12 heteroatoms. The molecule has 208 valence electrons. The Labute approximate surface area is 213 Å². The van der Waals surface area contributed by atoms with Crippen molar-refractivity contribution in [1.82, 2.24) is 16.0 Å². The number of ether oxygens (including phenoxy) is 4. The molecule has 0 heterocycles. The fraction of sp³-hybridized carbons (Fsp3) is 0.792. The molecular weight excluding hydrogens is 474 g/mol. The third-order valence-electron chi connectivity index (χ3n) is 4.86. The Bertz CT molecular complexity index is 659. The highest BCUT2D eigenvalue weighted by molar-refractivity contribution is 5.88. The van der Waals surface area contributed by atoms with Crippen molar-refractivity contribution in [2.75, 3.05) is 66.4 Å². The second kappa shape index (κ2) is 23.0. The van der Waals surface area contributed by atoms with E-state index in [-0.39, 0.29) is 48.7 Å². The fourth-order valence-electron chi connectivity index (χ4n) is 2.80. The maximum absolute atomic E-state index is 11.9. The molecule has 3 N–H and O–H groups in total. The van der Waals surface area contributed by atoms with Crippen LogP contribution in [0.1, 0.15) is 52.4 Å². The molecular formula is C24H43N3O9. The van der Waals surface area contributed by atoms with Crippen LogP contribution in [0.15, 0.2) is 0 Å². The zero-order valence-corrected chi connectivity index (χ0v) is 21.9. The molecule has 0 unspecified atom stereocenters. The summed E-state index contributed by atoms with van der Waals surface area (Å²) in [7, 11) is 1.57. The van der Waals surface area contributed by atoms with E-state index in [1.54, 1.807) is 7.05 Å². The third-order valence-corrected chi connectivity index (χ3v) is 4.86. The van der Waals surface area contributed by atoms with E-state index in [0.29, 0.717) is 78.5 Å². The normalized spacial score (nSPS) is 11.5. The van der Waals surface area contributed by atoms with E-state index in [2.05, 4.69) is 16.0 Å². The van der Waals surface area contributed by atoms with Crippen LogP contribution >= 0.6 is 0 Å². The molecule has 1 atom stereocenters. The number of rotatable bonds is 24. The molecule has 12 nitrogen and oxygen atoms in total. The molecule has 0 rings (SSSR count). The van der Waals surface area contributed by atoms with Crippen LogP contribution in [0.2, 0.25) is 0 Å². The number of ketones is 2. The van der Waals surface area contributed by atoms with Crippen LogP contribution < -0.4 is 16.0 Å². The molecule has 0 spiro atoms. The van der Waals surface area contributed by atoms with Gasteiger partial charge in [0.05, 0.1) is 58.9 Å². The first-order valence-corrected chi connectivity index (χ1v) is 12.3. The maximum Gasteiger partial charge on any atom is 0.222 e. The van der Waals surface area contributed by atoms with Gasteiger partial charge in [0.25, 0.3) is 0 Å². The number of Topliss-reactive ketones (excluding diaryl/α,β-unsaturated/α-hetero) is 2. The largest absolute Gasteiger partial charge is 0.379 e. The Morgan fingerprint density at radius 2 is 1.17 bits per heavy atom. The van der Waals surface area contributed by atoms with Crippen molar-refractivity contribution in [2.24, 2.45) is 0 Å². The average molecular weight is 518 g/mol. The summed E-state index contributed by atoms with van der Waals surface area (Å²) in [4.78, 5) is 57.2. The summed E-state index contributed by atoms with van der Waals surface area (Å²) in [6.07, 6.45) is 1.83. The van der Waals surface area contributed by atoms with Gasteiger partial charge in [-0.25, -0.2) is 0 Å². The van der Waals surface area contributed by atoms with Gasteiger partial charge in [0, 0.05) is 39.3 Å². The van der Waals surface area contributed by atoms with Crippen molar-refractivity contribution in [3.63, 3.8) is 0 Å². The minimum Gasteiger partial charge on any atom is -0.379 e. The van der Waals surface area contributed by atoms with Gasteiger partial charge in [-0.3, -0.25) is 19.2 Å². The minimum absolute atomic E-state index is 0.0247. The Morgan fingerprint density at radius 1 is 0.639 bits per heavy atom. The third kappa shape index (κ3) is 22.1. The van der Waals surface area contributed by atoms with Crippen molar-refractivity contribution < 1.29 is 42.9 Å². The van der Waals surface area contributed by atoms with Crippen molar-refractivity contribution in [3.05, 3.63) is 0 Å². The highest BCUT2D eigenvalue weighted by atomic mass is 16.6. The van der Waals surface area contributed by atoms with Gasteiger partial charge >= 0.3 is 0 Å². The highest BCUT2D eigenvalue weighted by Crippen LogP contribution is 2.01. The fourth-order valence-corrected chi connectivity index (χ4v) is 2.80. The first kappa shape index (κ1) is 33.6. The van der Waals surface area contributed by atoms with Crippen LogP contribution in [-0.2, 0) is 42.9 Å². The minimum atomic E-state index is -0.645. The quantitative estimate of drug-likeness (QED) is 0.149. The molecule has 0 aromatic rings. The standard InChI is InChI=1S/C24H43N3O9/c1-19(28)7-8-21(20(2)29)27-24(32)9-11-33-13-15-35-17-18-36-16-14-34-12-10-26-23(31)6-4-5-22(30)25-3/h21H,4-18H2,1-3H3,(H,25,30)(H,26,31)(H,27,32)/t21-/m0/s1. The Hall–Kier alpha value is -2.41. The summed E-state index contributed by atoms with van der Waals surface area (Å²) >= 11 is 0. The molecule has 36 heavy (non-hydrogen) atoms. The zero-order chi connectivity index (χ0) is 27.0. The second-order valence-electron chi connectivity index (χ2n) is 8.05. The lowest BCUT2D eigenvalue weighted by molar-refractivity contribution is -0.128. The molecule has 0 aromatic carbocycles. The van der Waals surface area contributed by atoms with Gasteiger partial charge in [0.2, 0.25) is 17.7 Å². The van der Waals surface area contributed by atoms with Crippen molar-refractivity contribution in [1.29, 1.82) is 0 Å². The molecule has 0 aliphatic rings. The van der Waals surface area contributed by atoms with Crippen LogP contribution in [0.5, 0.6) is 0 Å². The molecule has 0 radical (unpaired) electrons. The highest BCUT2D eigenvalue weighted by Gasteiger charge is 2.17. The monoisotopic (exact) mass is 517 g/mol. The van der Waals surface area contributed by atoms with Gasteiger partial charge in [-0.15, -0.1) is 0 Å². The lowest BCUT2D eigenvalue weighted by atomic mass is 10.1. The number of carbonyl (C=O) groups is 5. The summed E-state index contributed by atoms with van der Waals surface area (Å²) in [6, 6.07) is -0.645. The molecule has 0 aromatic heterocycles. The van der Waals surface area contributed by atoms with E-state index in [4.69, 9.17) is 18.9 Å². The summed E-state index contributed by atoms with van der Waals surface area (Å²) in [5.41, 5.74) is 0. The van der Waals surface area contributed by atoms with Crippen LogP contribution in [0, 0.1) is 0 Å². The summed E-state index contributed by atoms with van der Waals surface area (Å²) in [5, 5.41) is 7.86. The zero-order valence-electron chi connectivity index (χ0n) is 21.9. The Kier molecular flexibility index (Phi) is 21.5. The first-order valence-electron chi connectivity index (χ1n) is 12.3. The van der Waals surface area contributed by atoms with E-state index in [1.165, 1.54) is 13.8 Å². The predicted octanol–water partition coefficient (Wildman–Crippen LogP) is -0.0816. The smallest absolute Gasteiger partial charge is 0.222 e. The van der Waals surface area contributed by atoms with Gasteiger partial charge in [-0.1, -0.05) is 0 Å². The van der Waals surface area contributed by atoms with Crippen LogP contribution in [-0.4, -0.2) is 102 Å². The van der Waals surface area contributed by atoms with Crippen LogP contribution in [0.25, 0.3) is 0 Å². The predicted molar refractivity (Wildman–Crippen MR) is 131 cm³/mol. The number of carbonyl (C=O) groups excluding carboxylic acids is 5. The number of amides is 3. The lowest BCUT2D eigenvalue weighted by Crippen LogP contribution is -2.40. The summed E-state index contributed by atoms with van der Waals surface area (Å²) in [5.74, 6) is -0.681. The van der Waals surface area contributed by atoms with E-state index in [0.717, 1.165) is 0 Å². The SMILES string of the molecule is CNC(=O)CCCC(=O)NCCOCCOCCOCCOCCC(=O)N[C@@H](CCC(C)=O)C(C)=O.